The molecule has 0 aliphatic rings. The molecular weight excluding hydrogens is 248 g/mol. The maximum absolute atomic E-state index is 8.73. The number of aliphatic imine (C=N–C) groups is 1. The Hall–Kier alpha value is -2.60. The highest BCUT2D eigenvalue weighted by Gasteiger charge is 1.94. The molecule has 3 heteroatoms. The number of rotatable bonds is 5. The Kier molecular flexibility index (Phi) is 4.91. The van der Waals surface area contributed by atoms with Crippen LogP contribution in [0.3, 0.4) is 0 Å². The van der Waals surface area contributed by atoms with Gasteiger partial charge in [-0.05, 0) is 48.4 Å². The lowest BCUT2D eigenvalue weighted by atomic mass is 10.2. The summed E-state index contributed by atoms with van der Waals surface area (Å²) in [6.07, 6.45) is 2.78. The molecule has 0 heterocycles. The zero-order valence-corrected chi connectivity index (χ0v) is 11.4. The summed E-state index contributed by atoms with van der Waals surface area (Å²) in [7, 11) is 0. The van der Waals surface area contributed by atoms with Crippen molar-refractivity contribution in [1.29, 1.82) is 5.26 Å². The Morgan fingerprint density at radius 2 is 1.80 bits per heavy atom. The van der Waals surface area contributed by atoms with Crippen LogP contribution >= 0.6 is 0 Å². The van der Waals surface area contributed by atoms with Crippen LogP contribution in [0.2, 0.25) is 0 Å². The summed E-state index contributed by atoms with van der Waals surface area (Å²) < 4.78 is 5.52. The highest BCUT2D eigenvalue weighted by atomic mass is 16.5. The predicted molar refractivity (Wildman–Crippen MR) is 80.6 cm³/mol. The number of hydrogen-bond donors (Lipinski definition) is 0. The lowest BCUT2D eigenvalue weighted by Crippen LogP contribution is -1.93. The Balaban J connectivity index is 2.01. The molecule has 0 atom stereocenters. The molecule has 0 saturated heterocycles. The van der Waals surface area contributed by atoms with Crippen LogP contribution in [-0.2, 0) is 0 Å². The first-order valence-corrected chi connectivity index (χ1v) is 6.59. The monoisotopic (exact) mass is 264 g/mol. The van der Waals surface area contributed by atoms with Crippen molar-refractivity contribution in [2.75, 3.05) is 6.61 Å². The normalized spacial score (nSPS) is 10.4. The molecule has 0 bridgehead atoms. The second kappa shape index (κ2) is 7.10. The quantitative estimate of drug-likeness (QED) is 0.763. The van der Waals surface area contributed by atoms with Gasteiger partial charge in [0.1, 0.15) is 5.75 Å². The van der Waals surface area contributed by atoms with Crippen molar-refractivity contribution >= 4 is 11.9 Å². The van der Waals surface area contributed by atoms with Crippen LogP contribution in [0.5, 0.6) is 5.75 Å². The minimum absolute atomic E-state index is 0.652. The van der Waals surface area contributed by atoms with Crippen LogP contribution in [0.1, 0.15) is 24.5 Å². The summed E-state index contributed by atoms with van der Waals surface area (Å²) in [6, 6.07) is 17.1. The fourth-order valence-electron chi connectivity index (χ4n) is 1.64. The first kappa shape index (κ1) is 13.8. The molecule has 0 saturated carbocycles. The Bertz CT molecular complexity index is 607. The van der Waals surface area contributed by atoms with Crippen molar-refractivity contribution in [1.82, 2.24) is 0 Å². The number of ether oxygens (including phenoxy) is 1. The third-order valence-corrected chi connectivity index (χ3v) is 2.71. The third kappa shape index (κ3) is 3.96. The van der Waals surface area contributed by atoms with Gasteiger partial charge in [0.15, 0.2) is 0 Å². The van der Waals surface area contributed by atoms with Crippen LogP contribution in [0.25, 0.3) is 0 Å². The molecule has 3 nitrogen and oxygen atoms in total. The molecule has 100 valence electrons. The number of hydrogen-bond acceptors (Lipinski definition) is 3. The van der Waals surface area contributed by atoms with Crippen molar-refractivity contribution in [3.8, 4) is 11.8 Å². The van der Waals surface area contributed by atoms with E-state index in [1.165, 1.54) is 0 Å². The summed E-state index contributed by atoms with van der Waals surface area (Å²) in [5.41, 5.74) is 2.49. The number of nitrogens with zero attached hydrogens (tertiary/aromatic N) is 2. The molecule has 0 aliphatic carbocycles. The van der Waals surface area contributed by atoms with Gasteiger partial charge in [-0.2, -0.15) is 5.26 Å². The average Bonchev–Trinajstić information content (AvgIpc) is 2.52. The van der Waals surface area contributed by atoms with Gasteiger partial charge in [-0.15, -0.1) is 0 Å². The maximum atomic E-state index is 8.73. The van der Waals surface area contributed by atoms with Crippen molar-refractivity contribution in [2.45, 2.75) is 13.3 Å². The molecule has 2 rings (SSSR count). The van der Waals surface area contributed by atoms with E-state index < -0.39 is 0 Å². The predicted octanol–water partition coefficient (Wildman–Crippen LogP) is 4.10. The van der Waals surface area contributed by atoms with E-state index in [1.807, 2.05) is 36.4 Å². The van der Waals surface area contributed by atoms with Gasteiger partial charge < -0.3 is 4.74 Å². The molecule has 2 aromatic carbocycles. The minimum Gasteiger partial charge on any atom is -0.494 e. The topological polar surface area (TPSA) is 45.4 Å². The van der Waals surface area contributed by atoms with Crippen molar-refractivity contribution < 1.29 is 4.74 Å². The van der Waals surface area contributed by atoms with Crippen molar-refractivity contribution in [2.24, 2.45) is 4.99 Å². The van der Waals surface area contributed by atoms with Gasteiger partial charge in [-0.25, -0.2) is 0 Å². The molecule has 0 fully saturated rings. The SMILES string of the molecule is CCCOc1ccc(/N=C/c2ccc(C#N)cc2)cc1. The van der Waals surface area contributed by atoms with E-state index in [9.17, 15) is 0 Å². The van der Waals surface area contributed by atoms with E-state index in [4.69, 9.17) is 10.00 Å². The summed E-state index contributed by atoms with van der Waals surface area (Å²) in [6.45, 7) is 2.81. The Morgan fingerprint density at radius 1 is 1.10 bits per heavy atom. The zero-order valence-electron chi connectivity index (χ0n) is 11.4. The van der Waals surface area contributed by atoms with Gasteiger partial charge in [0, 0.05) is 6.21 Å². The second-order valence-electron chi connectivity index (χ2n) is 4.33. The molecular formula is C17H16N2O. The molecule has 0 N–H and O–H groups in total. The van der Waals surface area contributed by atoms with E-state index in [2.05, 4.69) is 18.0 Å². The van der Waals surface area contributed by atoms with Gasteiger partial charge >= 0.3 is 0 Å². The molecule has 0 unspecified atom stereocenters. The Labute approximate surface area is 119 Å². The van der Waals surface area contributed by atoms with Crippen LogP contribution in [0.15, 0.2) is 53.5 Å². The standard InChI is InChI=1S/C17H16N2O/c1-2-11-20-17-9-7-16(8-10-17)19-13-15-5-3-14(12-18)4-6-15/h3-10,13H,2,11H2,1H3/b19-13+. The summed E-state index contributed by atoms with van der Waals surface area (Å²) in [4.78, 5) is 4.39. The summed E-state index contributed by atoms with van der Waals surface area (Å²) in [5, 5.41) is 8.73. The highest BCUT2D eigenvalue weighted by molar-refractivity contribution is 5.82. The van der Waals surface area contributed by atoms with E-state index >= 15 is 0 Å². The molecule has 20 heavy (non-hydrogen) atoms. The van der Waals surface area contributed by atoms with Gasteiger partial charge in [-0.1, -0.05) is 19.1 Å². The van der Waals surface area contributed by atoms with Gasteiger partial charge in [0.25, 0.3) is 0 Å². The fraction of sp³-hybridized carbons (Fsp3) is 0.176. The molecule has 0 radical (unpaired) electrons. The molecule has 0 spiro atoms. The fourth-order valence-corrected chi connectivity index (χ4v) is 1.64. The molecule has 2 aromatic rings. The van der Waals surface area contributed by atoms with Crippen molar-refractivity contribution in [3.63, 3.8) is 0 Å². The van der Waals surface area contributed by atoms with E-state index in [1.54, 1.807) is 18.3 Å². The smallest absolute Gasteiger partial charge is 0.119 e. The van der Waals surface area contributed by atoms with Crippen LogP contribution in [0, 0.1) is 11.3 Å². The first-order chi connectivity index (χ1) is 9.81. The lowest BCUT2D eigenvalue weighted by molar-refractivity contribution is 0.317. The van der Waals surface area contributed by atoms with Gasteiger partial charge in [0.2, 0.25) is 0 Å². The zero-order chi connectivity index (χ0) is 14.2. The Morgan fingerprint density at radius 3 is 2.40 bits per heavy atom. The van der Waals surface area contributed by atoms with Crippen LogP contribution < -0.4 is 4.74 Å². The molecule has 0 amide bonds. The van der Waals surface area contributed by atoms with Gasteiger partial charge in [-0.3, -0.25) is 4.99 Å². The largest absolute Gasteiger partial charge is 0.494 e. The number of nitriles is 1. The third-order valence-electron chi connectivity index (χ3n) is 2.71. The van der Waals surface area contributed by atoms with Gasteiger partial charge in [0.05, 0.1) is 23.9 Å². The average molecular weight is 264 g/mol. The summed E-state index contributed by atoms with van der Waals surface area (Å²) >= 11 is 0. The number of benzene rings is 2. The highest BCUT2D eigenvalue weighted by Crippen LogP contribution is 2.18. The minimum atomic E-state index is 0.652. The van der Waals surface area contributed by atoms with E-state index in [0.29, 0.717) is 5.56 Å². The van der Waals surface area contributed by atoms with E-state index in [-0.39, 0.29) is 0 Å². The first-order valence-electron chi connectivity index (χ1n) is 6.59. The molecule has 0 aromatic heterocycles. The lowest BCUT2D eigenvalue weighted by Gasteiger charge is -2.03. The van der Waals surface area contributed by atoms with Crippen LogP contribution in [0.4, 0.5) is 5.69 Å². The molecule has 0 aliphatic heterocycles. The van der Waals surface area contributed by atoms with Crippen LogP contribution in [-0.4, -0.2) is 12.8 Å². The summed E-state index contributed by atoms with van der Waals surface area (Å²) in [5.74, 6) is 0.865. The second-order valence-corrected chi connectivity index (χ2v) is 4.33. The van der Waals surface area contributed by atoms with E-state index in [0.717, 1.165) is 30.0 Å². The maximum Gasteiger partial charge on any atom is 0.119 e. The van der Waals surface area contributed by atoms with Crippen molar-refractivity contribution in [3.05, 3.63) is 59.7 Å².